The van der Waals surface area contributed by atoms with Gasteiger partial charge in [-0.05, 0) is 79.1 Å². The predicted molar refractivity (Wildman–Crippen MR) is 204 cm³/mol. The van der Waals surface area contributed by atoms with E-state index < -0.39 is 24.0 Å². The molecule has 0 saturated carbocycles. The summed E-state index contributed by atoms with van der Waals surface area (Å²) in [4.78, 5) is 38.8. The van der Waals surface area contributed by atoms with Crippen LogP contribution in [0.15, 0.2) is 138 Å². The molecule has 2 fully saturated rings. The van der Waals surface area contributed by atoms with Crippen molar-refractivity contribution in [1.29, 1.82) is 0 Å². The maximum absolute atomic E-state index is 13.1. The predicted octanol–water partition coefficient (Wildman–Crippen LogP) is 7.54. The van der Waals surface area contributed by atoms with Crippen LogP contribution < -0.4 is 9.80 Å². The van der Waals surface area contributed by atoms with Gasteiger partial charge in [-0.1, -0.05) is 76.6 Å². The molecule has 1 aromatic heterocycles. The fraction of sp³-hybridized carbons (Fsp3) is 0.244. The number of aliphatic carboxylic acids is 2. The molecule has 10 heteroatoms. The molecule has 0 spiro atoms. The highest BCUT2D eigenvalue weighted by atomic mass is 79.9. The van der Waals surface area contributed by atoms with Crippen molar-refractivity contribution in [3.63, 3.8) is 0 Å². The molecule has 51 heavy (non-hydrogen) atoms. The Morgan fingerprint density at radius 2 is 1.12 bits per heavy atom. The van der Waals surface area contributed by atoms with Gasteiger partial charge in [-0.25, -0.2) is 0 Å². The molecule has 260 valence electrons. The van der Waals surface area contributed by atoms with Crippen LogP contribution in [-0.4, -0.2) is 87.3 Å². The zero-order valence-corrected chi connectivity index (χ0v) is 29.7. The summed E-state index contributed by atoms with van der Waals surface area (Å²) in [7, 11) is 0. The van der Waals surface area contributed by atoms with Crippen LogP contribution >= 0.6 is 15.9 Å². The van der Waals surface area contributed by atoms with Crippen molar-refractivity contribution < 1.29 is 19.8 Å². The first kappa shape index (κ1) is 34.4. The number of aromatic nitrogens is 1. The number of carboxylic acids is 2. The zero-order chi connectivity index (χ0) is 35.3. The Labute approximate surface area is 306 Å². The van der Waals surface area contributed by atoms with Crippen LogP contribution in [0.2, 0.25) is 0 Å². The summed E-state index contributed by atoms with van der Waals surface area (Å²) >= 11 is 3.61. The lowest BCUT2D eigenvalue weighted by Crippen LogP contribution is -2.58. The molecular weight excluding hydrogens is 706 g/mol. The van der Waals surface area contributed by atoms with E-state index in [2.05, 4.69) is 67.1 Å². The average molecular weight is 747 g/mol. The summed E-state index contributed by atoms with van der Waals surface area (Å²) in [6, 6.07) is 37.9. The minimum Gasteiger partial charge on any atom is -0.480 e. The van der Waals surface area contributed by atoms with Crippen molar-refractivity contribution in [1.82, 2.24) is 14.8 Å². The fourth-order valence-electron chi connectivity index (χ4n) is 7.76. The molecule has 5 aromatic rings. The third-order valence-corrected chi connectivity index (χ3v) is 10.5. The molecule has 2 aliphatic rings. The van der Waals surface area contributed by atoms with Crippen molar-refractivity contribution in [2.45, 2.75) is 37.0 Å². The van der Waals surface area contributed by atoms with E-state index in [0.717, 1.165) is 38.3 Å². The van der Waals surface area contributed by atoms with E-state index in [1.54, 1.807) is 6.20 Å². The molecule has 9 nitrogen and oxygen atoms in total. The van der Waals surface area contributed by atoms with E-state index in [1.165, 1.54) is 0 Å². The van der Waals surface area contributed by atoms with Gasteiger partial charge in [-0.2, -0.15) is 0 Å². The van der Waals surface area contributed by atoms with Gasteiger partial charge in [0.15, 0.2) is 0 Å². The van der Waals surface area contributed by atoms with Gasteiger partial charge in [-0.15, -0.1) is 0 Å². The van der Waals surface area contributed by atoms with Gasteiger partial charge in [0.25, 0.3) is 0 Å². The maximum atomic E-state index is 13.1. The summed E-state index contributed by atoms with van der Waals surface area (Å²) in [5.74, 6) is -2.24. The second kappa shape index (κ2) is 15.5. The number of benzene rings is 4. The lowest BCUT2D eigenvalue weighted by atomic mass is 10.0. The number of anilines is 4. The molecule has 0 amide bonds. The number of nitrogens with zero attached hydrogens (tertiary/aromatic N) is 5. The van der Waals surface area contributed by atoms with Crippen LogP contribution in [0.4, 0.5) is 22.7 Å². The molecule has 4 aromatic carbocycles. The Bertz CT molecular complexity index is 1950. The van der Waals surface area contributed by atoms with Crippen molar-refractivity contribution in [3.8, 4) is 11.1 Å². The number of rotatable bonds is 12. The Morgan fingerprint density at radius 1 is 0.627 bits per heavy atom. The van der Waals surface area contributed by atoms with E-state index in [-0.39, 0.29) is 12.1 Å². The molecule has 0 bridgehead atoms. The van der Waals surface area contributed by atoms with Gasteiger partial charge in [0.2, 0.25) is 0 Å². The molecular formula is C41H40BrN5O4. The first-order valence-corrected chi connectivity index (χ1v) is 18.0. The van der Waals surface area contributed by atoms with E-state index in [0.29, 0.717) is 39.0 Å². The standard InChI is InChI=1S/C41H40BrN5O4/c42-31-12-8-18-35(25-31)47(33-15-5-2-6-16-33)37-20-23-45(28-37)39(41(50)51)38(40(48)49)44-22-19-36(27-44)46(32-13-3-1-4-14-32)34-17-7-10-29(24-34)30-11-9-21-43-26-30/h1-18,21,24-26,36-39H,19-20,22-23,27-28H2,(H,48,49)(H,50,51). The van der Waals surface area contributed by atoms with Crippen molar-refractivity contribution in [3.05, 3.63) is 138 Å². The summed E-state index contributed by atoms with van der Waals surface area (Å²) in [6.45, 7) is 1.74. The van der Waals surface area contributed by atoms with Gasteiger partial charge in [-0.3, -0.25) is 24.4 Å². The third kappa shape index (κ3) is 7.54. The van der Waals surface area contributed by atoms with Crippen LogP contribution in [0.1, 0.15) is 12.8 Å². The van der Waals surface area contributed by atoms with Gasteiger partial charge < -0.3 is 20.0 Å². The molecule has 4 atom stereocenters. The largest absolute Gasteiger partial charge is 0.480 e. The van der Waals surface area contributed by atoms with Crippen molar-refractivity contribution >= 4 is 50.6 Å². The Morgan fingerprint density at radius 3 is 1.61 bits per heavy atom. The summed E-state index contributed by atoms with van der Waals surface area (Å²) in [5.41, 5.74) is 5.99. The quantitative estimate of drug-likeness (QED) is 0.134. The normalized spacial score (nSPS) is 19.0. The van der Waals surface area contributed by atoms with Crippen LogP contribution in [0.25, 0.3) is 11.1 Å². The van der Waals surface area contributed by atoms with Gasteiger partial charge >= 0.3 is 11.9 Å². The molecule has 3 heterocycles. The van der Waals surface area contributed by atoms with Gasteiger partial charge in [0.05, 0.1) is 0 Å². The minimum absolute atomic E-state index is 0.0509. The lowest BCUT2D eigenvalue weighted by molar-refractivity contribution is -0.156. The van der Waals surface area contributed by atoms with Crippen LogP contribution in [0, 0.1) is 0 Å². The number of likely N-dealkylation sites (tertiary alicyclic amines) is 2. The van der Waals surface area contributed by atoms with E-state index >= 15 is 0 Å². The highest BCUT2D eigenvalue weighted by molar-refractivity contribution is 9.10. The van der Waals surface area contributed by atoms with Crippen LogP contribution in [0.3, 0.4) is 0 Å². The second-order valence-electron chi connectivity index (χ2n) is 13.1. The summed E-state index contributed by atoms with van der Waals surface area (Å²) < 4.78 is 0.946. The molecule has 2 aliphatic heterocycles. The monoisotopic (exact) mass is 745 g/mol. The van der Waals surface area contributed by atoms with E-state index in [4.69, 9.17) is 0 Å². The highest BCUT2D eigenvalue weighted by Crippen LogP contribution is 2.37. The Hall–Kier alpha value is -5.03. The number of halogens is 1. The molecule has 0 aliphatic carbocycles. The number of hydrogen-bond donors (Lipinski definition) is 2. The highest BCUT2D eigenvalue weighted by Gasteiger charge is 2.47. The molecule has 2 saturated heterocycles. The number of hydrogen-bond acceptors (Lipinski definition) is 7. The first-order valence-electron chi connectivity index (χ1n) is 17.3. The van der Waals surface area contributed by atoms with Crippen LogP contribution in [0.5, 0.6) is 0 Å². The Kier molecular flexibility index (Phi) is 10.4. The fourth-order valence-corrected chi connectivity index (χ4v) is 8.15. The molecule has 7 rings (SSSR count). The molecule has 0 radical (unpaired) electrons. The van der Waals surface area contributed by atoms with E-state index in [9.17, 15) is 19.8 Å². The SMILES string of the molecule is O=C(O)C(C(C(=O)O)N1CCC(N(c2ccccc2)c2cccc(-c3cccnc3)c2)C1)N1CCC(N(c2ccccc2)c2cccc(Br)c2)C1. The first-order chi connectivity index (χ1) is 24.9. The average Bonchev–Trinajstić information content (AvgIpc) is 3.82. The summed E-state index contributed by atoms with van der Waals surface area (Å²) in [5, 5.41) is 21.4. The number of carbonyl (C=O) groups is 2. The molecule has 2 N–H and O–H groups in total. The van der Waals surface area contributed by atoms with E-state index in [1.807, 2.05) is 101 Å². The lowest BCUT2D eigenvalue weighted by Gasteiger charge is -2.37. The number of carboxylic acid groups (broad SMARTS) is 2. The topological polar surface area (TPSA) is 100 Å². The van der Waals surface area contributed by atoms with Crippen molar-refractivity contribution in [2.75, 3.05) is 36.0 Å². The van der Waals surface area contributed by atoms with Gasteiger partial charge in [0, 0.05) is 83.4 Å². The third-order valence-electron chi connectivity index (χ3n) is 9.99. The smallest absolute Gasteiger partial charge is 0.323 e. The Balaban J connectivity index is 1.15. The number of pyridine rings is 1. The minimum atomic E-state index is -1.22. The summed E-state index contributed by atoms with van der Waals surface area (Å²) in [6.07, 6.45) is 4.96. The zero-order valence-electron chi connectivity index (χ0n) is 28.1. The van der Waals surface area contributed by atoms with Crippen molar-refractivity contribution in [2.24, 2.45) is 0 Å². The van der Waals surface area contributed by atoms with Crippen LogP contribution in [-0.2, 0) is 9.59 Å². The number of para-hydroxylation sites is 2. The molecule has 4 unspecified atom stereocenters. The maximum Gasteiger partial charge on any atom is 0.323 e. The van der Waals surface area contributed by atoms with Gasteiger partial charge in [0.1, 0.15) is 12.1 Å². The second-order valence-corrected chi connectivity index (χ2v) is 14.0.